The molecule has 2 rings (SSSR count). The van der Waals surface area contributed by atoms with Crippen LogP contribution < -0.4 is 0 Å². The van der Waals surface area contributed by atoms with Crippen molar-refractivity contribution in [2.24, 2.45) is 5.92 Å². The van der Waals surface area contributed by atoms with Crippen LogP contribution in [0.4, 0.5) is 0 Å². The van der Waals surface area contributed by atoms with E-state index in [0.29, 0.717) is 0 Å². The molecule has 90 valence electrons. The topological polar surface area (TPSA) is 38.1 Å². The van der Waals surface area contributed by atoms with Crippen LogP contribution in [0.2, 0.25) is 0 Å². The van der Waals surface area contributed by atoms with Crippen LogP contribution in [-0.2, 0) is 6.54 Å². The molecule has 0 aliphatic carbocycles. The van der Waals surface area contributed by atoms with Crippen LogP contribution in [-0.4, -0.2) is 14.9 Å². The van der Waals surface area contributed by atoms with Gasteiger partial charge in [-0.1, -0.05) is 44.2 Å². The van der Waals surface area contributed by atoms with Gasteiger partial charge >= 0.3 is 0 Å². The van der Waals surface area contributed by atoms with E-state index in [-0.39, 0.29) is 5.92 Å². The molecule has 1 aromatic carbocycles. The predicted octanol–water partition coefficient (Wildman–Crippen LogP) is 2.62. The summed E-state index contributed by atoms with van der Waals surface area (Å²) < 4.78 is 1.86. The summed E-state index contributed by atoms with van der Waals surface area (Å²) >= 11 is 0. The van der Waals surface area contributed by atoms with Crippen LogP contribution in [0.1, 0.15) is 31.1 Å². The van der Waals surface area contributed by atoms with Crippen molar-refractivity contribution in [2.45, 2.75) is 26.5 Å². The summed E-state index contributed by atoms with van der Waals surface area (Å²) in [5.41, 5.74) is 2.09. The molecule has 0 aliphatic heterocycles. The maximum atomic E-state index is 9.92. The minimum atomic E-state index is -0.431. The molecule has 0 amide bonds. The maximum absolute atomic E-state index is 9.92. The molecule has 0 aliphatic rings. The molecule has 1 unspecified atom stereocenters. The zero-order valence-electron chi connectivity index (χ0n) is 10.2. The molecule has 3 heteroatoms. The second-order valence-electron chi connectivity index (χ2n) is 4.65. The number of nitrogens with zero attached hydrogens (tertiary/aromatic N) is 2. The fourth-order valence-corrected chi connectivity index (χ4v) is 1.77. The van der Waals surface area contributed by atoms with Crippen molar-refractivity contribution >= 4 is 0 Å². The Bertz CT molecular complexity index is 462. The molecule has 3 nitrogen and oxygen atoms in total. The normalized spacial score (nSPS) is 12.9. The number of aliphatic hydroxyl groups is 1. The van der Waals surface area contributed by atoms with Gasteiger partial charge in [-0.25, -0.2) is 0 Å². The molecule has 1 heterocycles. The van der Waals surface area contributed by atoms with E-state index in [1.165, 1.54) is 5.56 Å². The zero-order chi connectivity index (χ0) is 12.3. The van der Waals surface area contributed by atoms with Gasteiger partial charge in [0.2, 0.25) is 0 Å². The first-order chi connectivity index (χ1) is 8.16. The van der Waals surface area contributed by atoms with E-state index in [2.05, 4.69) is 17.2 Å². The number of hydrogen-bond acceptors (Lipinski definition) is 2. The highest BCUT2D eigenvalue weighted by Crippen LogP contribution is 2.20. The Hall–Kier alpha value is -1.61. The molecule has 1 aromatic heterocycles. The molecule has 0 saturated heterocycles. The molecule has 0 spiro atoms. The Kier molecular flexibility index (Phi) is 3.59. The van der Waals surface area contributed by atoms with Crippen molar-refractivity contribution in [3.05, 3.63) is 53.9 Å². The van der Waals surface area contributed by atoms with Crippen molar-refractivity contribution in [1.82, 2.24) is 9.78 Å². The van der Waals surface area contributed by atoms with Crippen molar-refractivity contribution in [3.63, 3.8) is 0 Å². The summed E-state index contributed by atoms with van der Waals surface area (Å²) in [6, 6.07) is 10.2. The summed E-state index contributed by atoms with van der Waals surface area (Å²) in [5.74, 6) is 0.212. The second-order valence-corrected chi connectivity index (χ2v) is 4.65. The average Bonchev–Trinajstić information content (AvgIpc) is 2.77. The van der Waals surface area contributed by atoms with Gasteiger partial charge in [0.25, 0.3) is 0 Å². The highest BCUT2D eigenvalue weighted by atomic mass is 16.3. The van der Waals surface area contributed by atoms with Crippen LogP contribution in [0.25, 0.3) is 0 Å². The van der Waals surface area contributed by atoms with Crippen LogP contribution in [0.15, 0.2) is 42.7 Å². The van der Waals surface area contributed by atoms with Gasteiger partial charge in [-0.05, 0) is 11.5 Å². The SMILES string of the molecule is CC(C)C(O)c1cnn(Cc2ccccc2)c1. The smallest absolute Gasteiger partial charge is 0.0843 e. The van der Waals surface area contributed by atoms with Crippen molar-refractivity contribution < 1.29 is 5.11 Å². The molecule has 0 radical (unpaired) electrons. The van der Waals surface area contributed by atoms with E-state index in [4.69, 9.17) is 0 Å². The molecule has 0 saturated carbocycles. The van der Waals surface area contributed by atoms with Crippen LogP contribution in [0, 0.1) is 5.92 Å². The average molecular weight is 230 g/mol. The lowest BCUT2D eigenvalue weighted by atomic mass is 10.0. The lowest BCUT2D eigenvalue weighted by molar-refractivity contribution is 0.127. The zero-order valence-corrected chi connectivity index (χ0v) is 10.2. The molecule has 1 atom stereocenters. The number of hydrogen-bond donors (Lipinski definition) is 1. The van der Waals surface area contributed by atoms with E-state index in [9.17, 15) is 5.11 Å². The predicted molar refractivity (Wildman–Crippen MR) is 67.6 cm³/mol. The molecule has 0 bridgehead atoms. The van der Waals surface area contributed by atoms with Gasteiger partial charge in [-0.2, -0.15) is 5.10 Å². The Labute approximate surface area is 102 Å². The molecule has 17 heavy (non-hydrogen) atoms. The van der Waals surface area contributed by atoms with Crippen LogP contribution >= 0.6 is 0 Å². The summed E-state index contributed by atoms with van der Waals surface area (Å²) in [7, 11) is 0. The third-order valence-corrected chi connectivity index (χ3v) is 2.81. The molecular formula is C14H18N2O. The summed E-state index contributed by atoms with van der Waals surface area (Å²) in [4.78, 5) is 0. The lowest BCUT2D eigenvalue weighted by Crippen LogP contribution is -2.04. The first-order valence-electron chi connectivity index (χ1n) is 5.91. The van der Waals surface area contributed by atoms with Gasteiger partial charge in [-0.3, -0.25) is 4.68 Å². The third kappa shape index (κ3) is 2.94. The summed E-state index contributed by atoms with van der Waals surface area (Å²) in [6.45, 7) is 4.74. The van der Waals surface area contributed by atoms with E-state index < -0.39 is 6.10 Å². The van der Waals surface area contributed by atoms with Crippen molar-refractivity contribution in [3.8, 4) is 0 Å². The minimum Gasteiger partial charge on any atom is -0.388 e. The Morgan fingerprint density at radius 3 is 2.59 bits per heavy atom. The Balaban J connectivity index is 2.09. The highest BCUT2D eigenvalue weighted by molar-refractivity contribution is 5.16. The summed E-state index contributed by atoms with van der Waals surface area (Å²) in [5, 5.41) is 14.2. The fraction of sp³-hybridized carbons (Fsp3) is 0.357. The Morgan fingerprint density at radius 2 is 1.94 bits per heavy atom. The first-order valence-corrected chi connectivity index (χ1v) is 5.91. The highest BCUT2D eigenvalue weighted by Gasteiger charge is 2.13. The molecule has 1 N–H and O–H groups in total. The fourth-order valence-electron chi connectivity index (χ4n) is 1.77. The Morgan fingerprint density at radius 1 is 1.24 bits per heavy atom. The van der Waals surface area contributed by atoms with Gasteiger partial charge in [0, 0.05) is 11.8 Å². The van der Waals surface area contributed by atoms with Crippen molar-refractivity contribution in [2.75, 3.05) is 0 Å². The van der Waals surface area contributed by atoms with E-state index in [1.54, 1.807) is 6.20 Å². The van der Waals surface area contributed by atoms with Gasteiger partial charge in [0.05, 0.1) is 18.8 Å². The minimum absolute atomic E-state index is 0.212. The largest absolute Gasteiger partial charge is 0.388 e. The molecule has 2 aromatic rings. The lowest BCUT2D eigenvalue weighted by Gasteiger charge is -2.11. The number of aromatic nitrogens is 2. The molecular weight excluding hydrogens is 212 g/mol. The van der Waals surface area contributed by atoms with E-state index >= 15 is 0 Å². The first kappa shape index (κ1) is 11.9. The number of benzene rings is 1. The monoisotopic (exact) mass is 230 g/mol. The summed E-state index contributed by atoms with van der Waals surface area (Å²) in [6.07, 6.45) is 3.23. The number of aliphatic hydroxyl groups excluding tert-OH is 1. The van der Waals surface area contributed by atoms with Gasteiger partial charge in [0.15, 0.2) is 0 Å². The van der Waals surface area contributed by atoms with E-state index in [0.717, 1.165) is 12.1 Å². The quantitative estimate of drug-likeness (QED) is 0.876. The van der Waals surface area contributed by atoms with Gasteiger partial charge in [-0.15, -0.1) is 0 Å². The second kappa shape index (κ2) is 5.15. The van der Waals surface area contributed by atoms with Crippen LogP contribution in [0.3, 0.4) is 0 Å². The maximum Gasteiger partial charge on any atom is 0.0843 e. The van der Waals surface area contributed by atoms with Crippen molar-refractivity contribution in [1.29, 1.82) is 0 Å². The van der Waals surface area contributed by atoms with Gasteiger partial charge < -0.3 is 5.11 Å². The third-order valence-electron chi connectivity index (χ3n) is 2.81. The molecule has 0 fully saturated rings. The van der Waals surface area contributed by atoms with Gasteiger partial charge in [0.1, 0.15) is 0 Å². The number of rotatable bonds is 4. The standard InChI is InChI=1S/C14H18N2O/c1-11(2)14(17)13-8-15-16(10-13)9-12-6-4-3-5-7-12/h3-8,10-11,14,17H,9H2,1-2H3. The van der Waals surface area contributed by atoms with E-state index in [1.807, 2.05) is 42.9 Å². The van der Waals surface area contributed by atoms with Crippen LogP contribution in [0.5, 0.6) is 0 Å².